The third-order valence-electron chi connectivity index (χ3n) is 7.19. The van der Waals surface area contributed by atoms with Crippen molar-refractivity contribution in [1.29, 1.82) is 0 Å². The molecule has 0 radical (unpaired) electrons. The standard InChI is InChI=1S/C25H46N4O3/c1-5-7-8-12-15-22(30)27-23(19(3)6-2)24(31)28-16-17-29(20(4)18-28)25(32)26-21-13-10-9-11-14-21/h19-21,23H,5-18H2,1-4H3,(H,26,32)(H,27,30). The van der Waals surface area contributed by atoms with E-state index in [1.807, 2.05) is 23.6 Å². The zero-order valence-electron chi connectivity index (χ0n) is 20.8. The lowest BCUT2D eigenvalue weighted by atomic mass is 9.95. The lowest BCUT2D eigenvalue weighted by molar-refractivity contribution is -0.140. The SMILES string of the molecule is CCCCCCC(=O)NC(C(=O)N1CCN(C(=O)NC2CCCCC2)C(C)C1)C(C)CC. The van der Waals surface area contributed by atoms with Crippen LogP contribution >= 0.6 is 0 Å². The Morgan fingerprint density at radius 1 is 1.00 bits per heavy atom. The summed E-state index contributed by atoms with van der Waals surface area (Å²) >= 11 is 0. The molecule has 7 nitrogen and oxygen atoms in total. The fourth-order valence-corrected chi connectivity index (χ4v) is 4.80. The average Bonchev–Trinajstić information content (AvgIpc) is 2.79. The summed E-state index contributed by atoms with van der Waals surface area (Å²) < 4.78 is 0. The molecule has 32 heavy (non-hydrogen) atoms. The first-order chi connectivity index (χ1) is 15.4. The molecule has 2 fully saturated rings. The van der Waals surface area contributed by atoms with Gasteiger partial charge in [0.2, 0.25) is 11.8 Å². The number of carbonyl (C=O) groups is 3. The van der Waals surface area contributed by atoms with E-state index in [2.05, 4.69) is 24.5 Å². The molecule has 3 atom stereocenters. The molecular formula is C25H46N4O3. The van der Waals surface area contributed by atoms with Crippen LogP contribution in [-0.2, 0) is 9.59 Å². The summed E-state index contributed by atoms with van der Waals surface area (Å²) in [6, 6.07) is -0.257. The van der Waals surface area contributed by atoms with Crippen LogP contribution in [0.4, 0.5) is 4.79 Å². The first-order valence-corrected chi connectivity index (χ1v) is 13.0. The van der Waals surface area contributed by atoms with E-state index < -0.39 is 6.04 Å². The number of urea groups is 1. The Balaban J connectivity index is 1.89. The van der Waals surface area contributed by atoms with Crippen LogP contribution < -0.4 is 10.6 Å². The summed E-state index contributed by atoms with van der Waals surface area (Å²) in [5.74, 6) is 0.0313. The summed E-state index contributed by atoms with van der Waals surface area (Å²) in [6.45, 7) is 9.79. The van der Waals surface area contributed by atoms with Crippen molar-refractivity contribution in [2.24, 2.45) is 5.92 Å². The lowest BCUT2D eigenvalue weighted by Crippen LogP contribution is -2.61. The third kappa shape index (κ3) is 7.96. The summed E-state index contributed by atoms with van der Waals surface area (Å²) in [6.07, 6.45) is 11.2. The average molecular weight is 451 g/mol. The van der Waals surface area contributed by atoms with E-state index in [0.29, 0.717) is 26.1 Å². The van der Waals surface area contributed by atoms with Gasteiger partial charge in [0.05, 0.1) is 0 Å². The lowest BCUT2D eigenvalue weighted by Gasteiger charge is -2.42. The van der Waals surface area contributed by atoms with Gasteiger partial charge in [-0.3, -0.25) is 9.59 Å². The molecule has 2 rings (SSSR count). The van der Waals surface area contributed by atoms with Crippen LogP contribution in [0.25, 0.3) is 0 Å². The van der Waals surface area contributed by atoms with Crippen LogP contribution in [0.5, 0.6) is 0 Å². The molecular weight excluding hydrogens is 404 g/mol. The fourth-order valence-electron chi connectivity index (χ4n) is 4.80. The Kier molecular flexibility index (Phi) is 11.3. The number of unbranched alkanes of at least 4 members (excludes halogenated alkanes) is 3. The normalized spacial score (nSPS) is 21.7. The molecule has 7 heteroatoms. The number of piperazine rings is 1. The molecule has 184 valence electrons. The molecule has 0 bridgehead atoms. The van der Waals surface area contributed by atoms with Crippen molar-refractivity contribution in [3.63, 3.8) is 0 Å². The molecule has 0 aromatic carbocycles. The number of nitrogens with one attached hydrogen (secondary N) is 2. The number of rotatable bonds is 10. The highest BCUT2D eigenvalue weighted by Crippen LogP contribution is 2.19. The highest BCUT2D eigenvalue weighted by Gasteiger charge is 2.35. The summed E-state index contributed by atoms with van der Waals surface area (Å²) in [4.78, 5) is 42.3. The molecule has 1 aliphatic carbocycles. The van der Waals surface area contributed by atoms with E-state index in [1.165, 1.54) is 19.3 Å². The van der Waals surface area contributed by atoms with Crippen molar-refractivity contribution in [2.45, 2.75) is 116 Å². The van der Waals surface area contributed by atoms with Gasteiger partial charge in [-0.2, -0.15) is 0 Å². The monoisotopic (exact) mass is 450 g/mol. The van der Waals surface area contributed by atoms with Gasteiger partial charge in [-0.25, -0.2) is 4.79 Å². The van der Waals surface area contributed by atoms with Gasteiger partial charge in [-0.05, 0) is 32.1 Å². The van der Waals surface area contributed by atoms with Crippen molar-refractivity contribution in [2.75, 3.05) is 19.6 Å². The van der Waals surface area contributed by atoms with Crippen molar-refractivity contribution < 1.29 is 14.4 Å². The van der Waals surface area contributed by atoms with Gasteiger partial charge in [0, 0.05) is 38.1 Å². The Bertz CT molecular complexity index is 606. The van der Waals surface area contributed by atoms with Crippen LogP contribution in [0.3, 0.4) is 0 Å². The molecule has 0 aromatic rings. The van der Waals surface area contributed by atoms with Crippen LogP contribution in [-0.4, -0.2) is 65.4 Å². The smallest absolute Gasteiger partial charge is 0.317 e. The van der Waals surface area contributed by atoms with Crippen LogP contribution in [0.1, 0.15) is 98.3 Å². The second-order valence-corrected chi connectivity index (χ2v) is 9.85. The molecule has 0 spiro atoms. The van der Waals surface area contributed by atoms with Crippen LogP contribution in [0.15, 0.2) is 0 Å². The zero-order valence-corrected chi connectivity index (χ0v) is 20.8. The largest absolute Gasteiger partial charge is 0.344 e. The van der Waals surface area contributed by atoms with Crippen molar-refractivity contribution in [1.82, 2.24) is 20.4 Å². The van der Waals surface area contributed by atoms with E-state index in [4.69, 9.17) is 0 Å². The van der Waals surface area contributed by atoms with E-state index in [9.17, 15) is 14.4 Å². The topological polar surface area (TPSA) is 81.8 Å². The first-order valence-electron chi connectivity index (χ1n) is 13.0. The molecule has 1 heterocycles. The summed E-state index contributed by atoms with van der Waals surface area (Å²) in [7, 11) is 0. The van der Waals surface area contributed by atoms with Gasteiger partial charge in [0.25, 0.3) is 0 Å². The summed E-state index contributed by atoms with van der Waals surface area (Å²) in [5, 5.41) is 6.22. The maximum absolute atomic E-state index is 13.3. The fraction of sp³-hybridized carbons (Fsp3) is 0.880. The molecule has 3 unspecified atom stereocenters. The van der Waals surface area contributed by atoms with Crippen molar-refractivity contribution in [3.8, 4) is 0 Å². The molecule has 4 amide bonds. The zero-order chi connectivity index (χ0) is 23.5. The molecule has 2 N–H and O–H groups in total. The van der Waals surface area contributed by atoms with E-state index in [-0.39, 0.29) is 35.8 Å². The molecule has 1 aliphatic heterocycles. The van der Waals surface area contributed by atoms with Crippen molar-refractivity contribution >= 4 is 17.8 Å². The quantitative estimate of drug-likeness (QED) is 0.492. The number of amides is 4. The van der Waals surface area contributed by atoms with E-state index >= 15 is 0 Å². The second kappa shape index (κ2) is 13.7. The van der Waals surface area contributed by atoms with Crippen LogP contribution in [0.2, 0.25) is 0 Å². The molecule has 1 saturated heterocycles. The minimum atomic E-state index is -0.492. The molecule has 1 saturated carbocycles. The molecule has 0 aromatic heterocycles. The maximum Gasteiger partial charge on any atom is 0.317 e. The number of carbonyl (C=O) groups excluding carboxylic acids is 3. The van der Waals surface area contributed by atoms with E-state index in [0.717, 1.165) is 44.9 Å². The Hall–Kier alpha value is -1.79. The van der Waals surface area contributed by atoms with Gasteiger partial charge in [0.15, 0.2) is 0 Å². The van der Waals surface area contributed by atoms with Gasteiger partial charge >= 0.3 is 6.03 Å². The van der Waals surface area contributed by atoms with Crippen molar-refractivity contribution in [3.05, 3.63) is 0 Å². The Morgan fingerprint density at radius 2 is 1.72 bits per heavy atom. The Morgan fingerprint density at radius 3 is 2.34 bits per heavy atom. The number of nitrogens with zero attached hydrogens (tertiary/aromatic N) is 2. The summed E-state index contributed by atoms with van der Waals surface area (Å²) in [5.41, 5.74) is 0. The minimum absolute atomic E-state index is 0.00430. The number of hydrogen-bond acceptors (Lipinski definition) is 3. The first kappa shape index (κ1) is 26.5. The van der Waals surface area contributed by atoms with Gasteiger partial charge < -0.3 is 20.4 Å². The highest BCUT2D eigenvalue weighted by molar-refractivity contribution is 5.88. The predicted molar refractivity (Wildman–Crippen MR) is 128 cm³/mol. The van der Waals surface area contributed by atoms with Crippen LogP contribution in [0, 0.1) is 5.92 Å². The second-order valence-electron chi connectivity index (χ2n) is 9.85. The van der Waals surface area contributed by atoms with E-state index in [1.54, 1.807) is 0 Å². The Labute approximate surface area is 195 Å². The predicted octanol–water partition coefficient (Wildman–Crippen LogP) is 4.06. The van der Waals surface area contributed by atoms with Gasteiger partial charge in [0.1, 0.15) is 6.04 Å². The van der Waals surface area contributed by atoms with Gasteiger partial charge in [-0.15, -0.1) is 0 Å². The van der Waals surface area contributed by atoms with Gasteiger partial charge in [-0.1, -0.05) is 65.7 Å². The maximum atomic E-state index is 13.3. The minimum Gasteiger partial charge on any atom is -0.344 e. The molecule has 2 aliphatic rings. The number of hydrogen-bond donors (Lipinski definition) is 2. The highest BCUT2D eigenvalue weighted by atomic mass is 16.2. The third-order valence-corrected chi connectivity index (χ3v) is 7.19.